The van der Waals surface area contributed by atoms with Gasteiger partial charge in [0.05, 0.1) is 6.26 Å². The van der Waals surface area contributed by atoms with E-state index < -0.39 is 10.0 Å². The minimum atomic E-state index is -3.10. The maximum absolute atomic E-state index is 11.7. The molecule has 1 saturated heterocycles. The fraction of sp³-hybridized carbons (Fsp3) is 0.923. The molecule has 0 spiro atoms. The fourth-order valence-electron chi connectivity index (χ4n) is 2.68. The van der Waals surface area contributed by atoms with Crippen LogP contribution in [0.25, 0.3) is 0 Å². The van der Waals surface area contributed by atoms with Crippen LogP contribution in [0.3, 0.4) is 0 Å². The minimum absolute atomic E-state index is 0.224. The summed E-state index contributed by atoms with van der Waals surface area (Å²) in [7, 11) is -3.10. The molecular weight excluding hydrogens is 292 g/mol. The molecule has 0 radical (unpaired) electrons. The first-order valence-corrected chi connectivity index (χ1v) is 9.24. The first kappa shape index (κ1) is 18.2. The van der Waals surface area contributed by atoms with Crippen LogP contribution in [-0.4, -0.2) is 67.1 Å². The van der Waals surface area contributed by atoms with Crippen molar-refractivity contribution in [1.82, 2.24) is 9.21 Å². The Balaban J connectivity index is 2.58. The molecule has 0 bridgehead atoms. The highest BCUT2D eigenvalue weighted by Crippen LogP contribution is 2.20. The summed E-state index contributed by atoms with van der Waals surface area (Å²) in [6, 6.07) is 0.338. The molecule has 1 unspecified atom stereocenters. The van der Waals surface area contributed by atoms with E-state index in [0.29, 0.717) is 38.0 Å². The average molecular weight is 320 g/mol. The molecule has 7 nitrogen and oxygen atoms in total. The van der Waals surface area contributed by atoms with Crippen molar-refractivity contribution in [3.63, 3.8) is 0 Å². The largest absolute Gasteiger partial charge is 0.409 e. The van der Waals surface area contributed by atoms with Crippen molar-refractivity contribution in [3.8, 4) is 0 Å². The number of nitrogens with zero attached hydrogens (tertiary/aromatic N) is 3. The molecule has 0 aromatic rings. The van der Waals surface area contributed by atoms with Gasteiger partial charge in [-0.1, -0.05) is 5.16 Å². The van der Waals surface area contributed by atoms with E-state index in [4.69, 9.17) is 10.9 Å². The van der Waals surface area contributed by atoms with E-state index in [2.05, 4.69) is 23.9 Å². The van der Waals surface area contributed by atoms with E-state index in [-0.39, 0.29) is 5.84 Å². The van der Waals surface area contributed by atoms with Gasteiger partial charge in [0.1, 0.15) is 5.84 Å². The second kappa shape index (κ2) is 7.95. The molecule has 1 atom stereocenters. The second-order valence-electron chi connectivity index (χ2n) is 6.06. The van der Waals surface area contributed by atoms with Crippen molar-refractivity contribution in [3.05, 3.63) is 0 Å². The number of rotatable bonds is 7. The first-order valence-electron chi connectivity index (χ1n) is 7.39. The summed E-state index contributed by atoms with van der Waals surface area (Å²) in [4.78, 5) is 2.26. The lowest BCUT2D eigenvalue weighted by molar-refractivity contribution is 0.154. The van der Waals surface area contributed by atoms with Crippen molar-refractivity contribution >= 4 is 15.9 Å². The van der Waals surface area contributed by atoms with Gasteiger partial charge in [-0.15, -0.1) is 0 Å². The topological polar surface area (TPSA) is 99.2 Å². The van der Waals surface area contributed by atoms with Gasteiger partial charge in [0.2, 0.25) is 10.0 Å². The third-order valence-electron chi connectivity index (χ3n) is 3.96. The Labute approximate surface area is 127 Å². The summed E-state index contributed by atoms with van der Waals surface area (Å²) in [5, 5.41) is 11.6. The molecule has 1 heterocycles. The number of hydrogen-bond acceptors (Lipinski definition) is 5. The Bertz CT molecular complexity index is 450. The van der Waals surface area contributed by atoms with Crippen LogP contribution in [0.2, 0.25) is 0 Å². The molecule has 3 N–H and O–H groups in total. The van der Waals surface area contributed by atoms with Gasteiger partial charge in [-0.3, -0.25) is 0 Å². The zero-order valence-electron chi connectivity index (χ0n) is 13.2. The van der Waals surface area contributed by atoms with Crippen LogP contribution in [-0.2, 0) is 10.0 Å². The van der Waals surface area contributed by atoms with Crippen LogP contribution in [0.15, 0.2) is 5.16 Å². The maximum Gasteiger partial charge on any atom is 0.211 e. The van der Waals surface area contributed by atoms with Crippen molar-refractivity contribution in [2.45, 2.75) is 39.2 Å². The molecule has 0 saturated carbocycles. The Morgan fingerprint density at radius 2 is 2.19 bits per heavy atom. The third-order valence-corrected chi connectivity index (χ3v) is 5.23. The van der Waals surface area contributed by atoms with Crippen molar-refractivity contribution in [2.24, 2.45) is 16.8 Å². The van der Waals surface area contributed by atoms with Gasteiger partial charge in [0.15, 0.2) is 0 Å². The Morgan fingerprint density at radius 1 is 1.52 bits per heavy atom. The van der Waals surface area contributed by atoms with Gasteiger partial charge in [-0.2, -0.15) is 0 Å². The lowest BCUT2D eigenvalue weighted by Gasteiger charge is -2.36. The van der Waals surface area contributed by atoms with Crippen molar-refractivity contribution in [2.75, 3.05) is 32.4 Å². The summed E-state index contributed by atoms with van der Waals surface area (Å²) in [6.07, 6.45) is 3.73. The predicted octanol–water partition coefficient (Wildman–Crippen LogP) is 0.505. The molecule has 0 aliphatic carbocycles. The number of amidine groups is 1. The van der Waals surface area contributed by atoms with E-state index in [1.54, 1.807) is 4.31 Å². The van der Waals surface area contributed by atoms with Crippen LogP contribution in [0.5, 0.6) is 0 Å². The molecule has 8 heteroatoms. The molecule has 0 aromatic carbocycles. The van der Waals surface area contributed by atoms with Gasteiger partial charge in [0.25, 0.3) is 0 Å². The number of sulfonamides is 1. The Morgan fingerprint density at radius 3 is 2.71 bits per heavy atom. The van der Waals surface area contributed by atoms with E-state index in [0.717, 1.165) is 19.4 Å². The molecule has 1 rings (SSSR count). The molecule has 0 aromatic heterocycles. The van der Waals surface area contributed by atoms with Gasteiger partial charge < -0.3 is 15.8 Å². The molecule has 1 aliphatic heterocycles. The average Bonchev–Trinajstić information content (AvgIpc) is 2.42. The number of oxime groups is 1. The number of piperidine rings is 1. The van der Waals surface area contributed by atoms with E-state index >= 15 is 0 Å². The summed E-state index contributed by atoms with van der Waals surface area (Å²) in [5.41, 5.74) is 5.52. The highest BCUT2D eigenvalue weighted by Gasteiger charge is 2.27. The lowest BCUT2D eigenvalue weighted by atomic mass is 9.98. The standard InChI is InChI=1S/C13H28N4O3S/c1-11(2)16(8-6-13(14)15-18)9-12-5-4-7-17(10-12)21(3,19)20/h11-12,18H,4-10H2,1-3H3,(H2,14,15). The normalized spacial score (nSPS) is 22.1. The number of nitrogens with two attached hydrogens (primary N) is 1. The molecule has 1 fully saturated rings. The third kappa shape index (κ3) is 6.19. The summed E-state index contributed by atoms with van der Waals surface area (Å²) >= 11 is 0. The highest BCUT2D eigenvalue weighted by molar-refractivity contribution is 7.88. The first-order chi connectivity index (χ1) is 9.74. The zero-order chi connectivity index (χ0) is 16.0. The van der Waals surface area contributed by atoms with Crippen LogP contribution >= 0.6 is 0 Å². The summed E-state index contributed by atoms with van der Waals surface area (Å²) in [6.45, 7) is 6.96. The van der Waals surface area contributed by atoms with Crippen LogP contribution in [0, 0.1) is 5.92 Å². The molecule has 21 heavy (non-hydrogen) atoms. The highest BCUT2D eigenvalue weighted by atomic mass is 32.2. The van der Waals surface area contributed by atoms with Gasteiger partial charge in [-0.05, 0) is 32.6 Å². The molecule has 1 aliphatic rings. The van der Waals surface area contributed by atoms with Crippen molar-refractivity contribution in [1.29, 1.82) is 0 Å². The SMILES string of the molecule is CC(C)N(CCC(N)=NO)CC1CCCN(S(C)(=O)=O)C1. The lowest BCUT2D eigenvalue weighted by Crippen LogP contribution is -2.45. The van der Waals surface area contributed by atoms with E-state index in [1.807, 2.05) is 0 Å². The maximum atomic E-state index is 11.7. The quantitative estimate of drug-likeness (QED) is 0.308. The Hall–Kier alpha value is -0.860. The second-order valence-corrected chi connectivity index (χ2v) is 8.04. The Kier molecular flexibility index (Phi) is 6.89. The number of hydrogen-bond donors (Lipinski definition) is 2. The summed E-state index contributed by atoms with van der Waals surface area (Å²) < 4.78 is 24.9. The molecular formula is C13H28N4O3S. The van der Waals surface area contributed by atoms with Crippen LogP contribution in [0.1, 0.15) is 33.1 Å². The minimum Gasteiger partial charge on any atom is -0.409 e. The van der Waals surface area contributed by atoms with Gasteiger partial charge >= 0.3 is 0 Å². The predicted molar refractivity (Wildman–Crippen MR) is 83.9 cm³/mol. The fourth-order valence-corrected chi connectivity index (χ4v) is 3.62. The van der Waals surface area contributed by atoms with Crippen LogP contribution in [0.4, 0.5) is 0 Å². The van der Waals surface area contributed by atoms with E-state index in [1.165, 1.54) is 6.26 Å². The van der Waals surface area contributed by atoms with Crippen molar-refractivity contribution < 1.29 is 13.6 Å². The smallest absolute Gasteiger partial charge is 0.211 e. The monoisotopic (exact) mass is 320 g/mol. The zero-order valence-corrected chi connectivity index (χ0v) is 14.0. The van der Waals surface area contributed by atoms with Crippen LogP contribution < -0.4 is 5.73 Å². The molecule has 0 amide bonds. The van der Waals surface area contributed by atoms with Gasteiger partial charge in [-0.25, -0.2) is 12.7 Å². The van der Waals surface area contributed by atoms with Gasteiger partial charge in [0, 0.05) is 38.6 Å². The molecule has 124 valence electrons. The van der Waals surface area contributed by atoms with E-state index in [9.17, 15) is 8.42 Å². The summed E-state index contributed by atoms with van der Waals surface area (Å²) in [5.74, 6) is 0.560.